The molecule has 2 rings (SSSR count). The summed E-state index contributed by atoms with van der Waals surface area (Å²) in [7, 11) is 0. The number of hydrogen-bond donors (Lipinski definition) is 2. The molecule has 4 nitrogen and oxygen atoms in total. The Balaban J connectivity index is 1.50. The maximum atomic E-state index is 12.6. The lowest BCUT2D eigenvalue weighted by Crippen LogP contribution is -3.16. The number of nitrogens with two attached hydrogens (primary N) is 1. The van der Waals surface area contributed by atoms with Crippen molar-refractivity contribution in [1.82, 2.24) is 0 Å². The summed E-state index contributed by atoms with van der Waals surface area (Å²) in [6.07, 6.45) is -2.48. The minimum Gasteiger partial charge on any atom is -0.494 e. The third-order valence-corrected chi connectivity index (χ3v) is 4.13. The van der Waals surface area contributed by atoms with Gasteiger partial charge in [0.05, 0.1) is 31.9 Å². The van der Waals surface area contributed by atoms with Gasteiger partial charge in [-0.05, 0) is 31.0 Å². The van der Waals surface area contributed by atoms with Gasteiger partial charge in [0.15, 0.2) is 0 Å². The zero-order valence-electron chi connectivity index (χ0n) is 13.9. The van der Waals surface area contributed by atoms with Crippen molar-refractivity contribution in [2.75, 3.05) is 52.5 Å². The van der Waals surface area contributed by atoms with Gasteiger partial charge in [0.1, 0.15) is 31.9 Å². The second kappa shape index (κ2) is 9.86. The molecule has 0 radical (unpaired) electrons. The summed E-state index contributed by atoms with van der Waals surface area (Å²) < 4.78 is 48.5. The molecule has 3 N–H and O–H groups in total. The molecule has 0 spiro atoms. The molecule has 136 valence electrons. The van der Waals surface area contributed by atoms with E-state index >= 15 is 0 Å². The van der Waals surface area contributed by atoms with Gasteiger partial charge in [-0.1, -0.05) is 6.07 Å². The molecule has 1 aliphatic rings. The molecule has 1 saturated heterocycles. The third-order valence-electron chi connectivity index (χ3n) is 4.13. The van der Waals surface area contributed by atoms with Crippen molar-refractivity contribution < 1.29 is 32.9 Å². The second-order valence-electron chi connectivity index (χ2n) is 6.06. The number of morpholine rings is 1. The monoisotopic (exact) mass is 348 g/mol. The summed E-state index contributed by atoms with van der Waals surface area (Å²) in [4.78, 5) is 1.60. The van der Waals surface area contributed by atoms with Crippen LogP contribution in [-0.4, -0.2) is 52.5 Å². The highest BCUT2D eigenvalue weighted by molar-refractivity contribution is 5.30. The van der Waals surface area contributed by atoms with Gasteiger partial charge in [0, 0.05) is 0 Å². The molecular weight excluding hydrogens is 321 g/mol. The molecule has 7 heteroatoms. The van der Waals surface area contributed by atoms with Crippen molar-refractivity contribution in [2.24, 2.45) is 0 Å². The summed E-state index contributed by atoms with van der Waals surface area (Å²) in [6.45, 7) is 7.65. The van der Waals surface area contributed by atoms with E-state index in [9.17, 15) is 13.2 Å². The second-order valence-corrected chi connectivity index (χ2v) is 6.06. The quantitative estimate of drug-likeness (QED) is 0.632. The first-order valence-corrected chi connectivity index (χ1v) is 8.59. The van der Waals surface area contributed by atoms with Crippen LogP contribution < -0.4 is 15.0 Å². The van der Waals surface area contributed by atoms with Crippen LogP contribution in [0, 0.1) is 0 Å². The number of quaternary nitrogens is 2. The first kappa shape index (κ1) is 19.0. The summed E-state index contributed by atoms with van der Waals surface area (Å²) in [6, 6.07) is 5.04. The number of nitrogens with one attached hydrogen (secondary N) is 1. The Bertz CT molecular complexity index is 477. The highest BCUT2D eigenvalue weighted by Crippen LogP contribution is 2.31. The van der Waals surface area contributed by atoms with Crippen molar-refractivity contribution in [3.63, 3.8) is 0 Å². The van der Waals surface area contributed by atoms with Crippen LogP contribution in [0.1, 0.15) is 18.4 Å². The third kappa shape index (κ3) is 7.07. The van der Waals surface area contributed by atoms with Crippen LogP contribution in [-0.2, 0) is 10.9 Å². The predicted octanol–water partition coefficient (Wildman–Crippen LogP) is 0.343. The zero-order chi connectivity index (χ0) is 17.3. The lowest BCUT2D eigenvalue weighted by molar-refractivity contribution is -0.919. The van der Waals surface area contributed by atoms with Crippen molar-refractivity contribution >= 4 is 0 Å². The number of unbranched alkanes of at least 4 members (excludes halogenated alkanes) is 1. The topological polar surface area (TPSA) is 39.5 Å². The number of rotatable bonds is 9. The van der Waals surface area contributed by atoms with Crippen molar-refractivity contribution in [1.29, 1.82) is 0 Å². The zero-order valence-corrected chi connectivity index (χ0v) is 13.9. The Morgan fingerprint density at radius 1 is 1.12 bits per heavy atom. The summed E-state index contributed by atoms with van der Waals surface area (Å²) in [5, 5.41) is 2.30. The van der Waals surface area contributed by atoms with E-state index in [0.717, 1.165) is 70.9 Å². The van der Waals surface area contributed by atoms with E-state index in [1.807, 2.05) is 0 Å². The molecule has 0 aliphatic carbocycles. The summed E-state index contributed by atoms with van der Waals surface area (Å²) >= 11 is 0. The molecule has 0 aromatic heterocycles. The van der Waals surface area contributed by atoms with Crippen LogP contribution in [0.25, 0.3) is 0 Å². The number of benzene rings is 1. The molecule has 0 saturated carbocycles. The Kier molecular flexibility index (Phi) is 7.81. The van der Waals surface area contributed by atoms with E-state index in [-0.39, 0.29) is 5.75 Å². The van der Waals surface area contributed by atoms with Gasteiger partial charge in [0.25, 0.3) is 0 Å². The van der Waals surface area contributed by atoms with E-state index in [1.165, 1.54) is 6.07 Å². The van der Waals surface area contributed by atoms with Gasteiger partial charge >= 0.3 is 6.18 Å². The van der Waals surface area contributed by atoms with E-state index in [1.54, 1.807) is 11.0 Å². The predicted molar refractivity (Wildman–Crippen MR) is 84.2 cm³/mol. The molecule has 1 fully saturated rings. The molecule has 1 aromatic carbocycles. The van der Waals surface area contributed by atoms with Crippen molar-refractivity contribution in [2.45, 2.75) is 19.0 Å². The first-order chi connectivity index (χ1) is 11.6. The molecule has 0 bridgehead atoms. The van der Waals surface area contributed by atoms with Crippen molar-refractivity contribution in [3.05, 3.63) is 29.8 Å². The van der Waals surface area contributed by atoms with Gasteiger partial charge < -0.3 is 19.7 Å². The fourth-order valence-electron chi connectivity index (χ4n) is 2.70. The van der Waals surface area contributed by atoms with Crippen LogP contribution in [0.3, 0.4) is 0 Å². The maximum Gasteiger partial charge on any atom is 0.416 e. The molecule has 0 amide bonds. The number of hydrogen-bond acceptors (Lipinski definition) is 2. The fourth-order valence-corrected chi connectivity index (χ4v) is 2.70. The lowest BCUT2D eigenvalue weighted by Gasteiger charge is -2.22. The largest absolute Gasteiger partial charge is 0.494 e. The minimum absolute atomic E-state index is 0.282. The van der Waals surface area contributed by atoms with E-state index in [4.69, 9.17) is 9.47 Å². The minimum atomic E-state index is -4.32. The number of alkyl halides is 3. The Morgan fingerprint density at radius 3 is 2.67 bits per heavy atom. The first-order valence-electron chi connectivity index (χ1n) is 8.59. The smallest absolute Gasteiger partial charge is 0.416 e. The van der Waals surface area contributed by atoms with Crippen LogP contribution in [0.4, 0.5) is 13.2 Å². The summed E-state index contributed by atoms with van der Waals surface area (Å²) in [5.41, 5.74) is -0.668. The maximum absolute atomic E-state index is 12.6. The Labute approximate surface area is 140 Å². The van der Waals surface area contributed by atoms with Gasteiger partial charge in [-0.25, -0.2) is 0 Å². The highest BCUT2D eigenvalue weighted by Gasteiger charge is 2.30. The number of ether oxygens (including phenoxy) is 2. The molecule has 24 heavy (non-hydrogen) atoms. The van der Waals surface area contributed by atoms with Gasteiger partial charge in [-0.3, -0.25) is 0 Å². The molecule has 1 aromatic rings. The van der Waals surface area contributed by atoms with Crippen LogP contribution in [0.15, 0.2) is 24.3 Å². The van der Waals surface area contributed by atoms with E-state index < -0.39 is 11.7 Å². The van der Waals surface area contributed by atoms with Gasteiger partial charge in [0.2, 0.25) is 0 Å². The number of halogens is 3. The van der Waals surface area contributed by atoms with Crippen LogP contribution in [0.5, 0.6) is 5.75 Å². The molecule has 0 unspecified atom stereocenters. The van der Waals surface area contributed by atoms with Gasteiger partial charge in [-0.15, -0.1) is 0 Å². The highest BCUT2D eigenvalue weighted by atomic mass is 19.4. The Hall–Kier alpha value is -1.31. The fraction of sp³-hybridized carbons (Fsp3) is 0.647. The Morgan fingerprint density at radius 2 is 1.92 bits per heavy atom. The molecule has 1 aliphatic heterocycles. The molecule has 0 atom stereocenters. The normalized spacial score (nSPS) is 16.3. The van der Waals surface area contributed by atoms with Crippen LogP contribution in [0.2, 0.25) is 0 Å². The molecular formula is C17H27F3N2O2+2. The summed E-state index contributed by atoms with van der Waals surface area (Å²) in [5.74, 6) is 0.282. The average Bonchev–Trinajstić information content (AvgIpc) is 2.58. The average molecular weight is 348 g/mol. The SMILES string of the molecule is FC(F)(F)c1cccc(OCCCC[NH2+]CC[NH+]2CCOCC2)c1. The van der Waals surface area contributed by atoms with E-state index in [2.05, 4.69) is 5.32 Å². The standard InChI is InChI=1S/C17H25F3N2O2/c18-17(19,20)15-4-3-5-16(14-15)24-11-2-1-6-21-7-8-22-9-12-23-13-10-22/h3-5,14,21H,1-2,6-13H2/p+2. The van der Waals surface area contributed by atoms with Gasteiger partial charge in [-0.2, -0.15) is 13.2 Å². The van der Waals surface area contributed by atoms with Crippen LogP contribution >= 0.6 is 0 Å². The van der Waals surface area contributed by atoms with Crippen molar-refractivity contribution in [3.8, 4) is 5.75 Å². The van der Waals surface area contributed by atoms with E-state index in [0.29, 0.717) is 6.61 Å². The lowest BCUT2D eigenvalue weighted by atomic mass is 10.2. The molecule has 1 heterocycles.